The fourth-order valence-corrected chi connectivity index (χ4v) is 4.79. The number of rotatable bonds is 8. The Morgan fingerprint density at radius 2 is 1.72 bits per heavy atom. The number of aliphatic imine (C=N–C) groups is 1. The molecule has 8 nitrogen and oxygen atoms in total. The molecular weight excluding hydrogens is 512 g/mol. The number of hydrogen-bond acceptors (Lipinski definition) is 6. The van der Waals surface area contributed by atoms with Crippen LogP contribution in [0.1, 0.15) is 24.5 Å². The SMILES string of the molecule is CC(=O)N(CCCN(C)C)c1ccc(N=C(c2ccc3nccnc3c2)c2c(O)[nH]c3cc(Cl)ccc23)cc1. The Balaban J connectivity index is 1.59. The molecule has 0 spiro atoms. The highest BCUT2D eigenvalue weighted by Crippen LogP contribution is 2.33. The van der Waals surface area contributed by atoms with Crippen LogP contribution in [0.2, 0.25) is 5.02 Å². The molecule has 0 saturated heterocycles. The molecule has 0 atom stereocenters. The maximum absolute atomic E-state index is 12.3. The van der Waals surface area contributed by atoms with Crippen LogP contribution in [0.25, 0.3) is 21.9 Å². The van der Waals surface area contributed by atoms with Gasteiger partial charge in [-0.2, -0.15) is 0 Å². The highest BCUT2D eigenvalue weighted by Gasteiger charge is 2.20. The first-order chi connectivity index (χ1) is 18.8. The molecule has 2 aromatic heterocycles. The van der Waals surface area contributed by atoms with E-state index in [2.05, 4.69) is 19.9 Å². The molecule has 0 unspecified atom stereocenters. The number of nitrogens with zero attached hydrogens (tertiary/aromatic N) is 5. The van der Waals surface area contributed by atoms with Gasteiger partial charge in [-0.3, -0.25) is 14.8 Å². The molecule has 0 aliphatic rings. The molecule has 39 heavy (non-hydrogen) atoms. The van der Waals surface area contributed by atoms with E-state index in [9.17, 15) is 9.90 Å². The van der Waals surface area contributed by atoms with Crippen molar-refractivity contribution in [1.82, 2.24) is 19.9 Å². The number of carbonyl (C=O) groups is 1. The van der Waals surface area contributed by atoms with Gasteiger partial charge in [-0.15, -0.1) is 0 Å². The van der Waals surface area contributed by atoms with Crippen LogP contribution in [0.15, 0.2) is 78.0 Å². The van der Waals surface area contributed by atoms with Crippen LogP contribution < -0.4 is 4.90 Å². The van der Waals surface area contributed by atoms with E-state index in [4.69, 9.17) is 16.6 Å². The first-order valence-corrected chi connectivity index (χ1v) is 13.0. The number of aromatic amines is 1. The molecule has 0 saturated carbocycles. The van der Waals surface area contributed by atoms with Crippen molar-refractivity contribution in [1.29, 1.82) is 0 Å². The Morgan fingerprint density at radius 1 is 0.974 bits per heavy atom. The summed E-state index contributed by atoms with van der Waals surface area (Å²) < 4.78 is 0. The van der Waals surface area contributed by atoms with E-state index in [0.717, 1.165) is 40.6 Å². The van der Waals surface area contributed by atoms with Gasteiger partial charge in [0.25, 0.3) is 0 Å². The molecule has 0 aliphatic carbocycles. The van der Waals surface area contributed by atoms with E-state index >= 15 is 0 Å². The summed E-state index contributed by atoms with van der Waals surface area (Å²) in [6, 6.07) is 18.7. The lowest BCUT2D eigenvalue weighted by Gasteiger charge is -2.22. The fourth-order valence-electron chi connectivity index (χ4n) is 4.62. The average Bonchev–Trinajstić information content (AvgIpc) is 3.24. The molecule has 0 fully saturated rings. The summed E-state index contributed by atoms with van der Waals surface area (Å²) in [6.45, 7) is 3.10. The Kier molecular flexibility index (Phi) is 7.58. The van der Waals surface area contributed by atoms with Crippen LogP contribution in [0.5, 0.6) is 5.88 Å². The third-order valence-electron chi connectivity index (χ3n) is 6.49. The summed E-state index contributed by atoms with van der Waals surface area (Å²) in [6.07, 6.45) is 4.16. The van der Waals surface area contributed by atoms with Gasteiger partial charge in [0, 0.05) is 47.5 Å². The maximum atomic E-state index is 12.3. The molecule has 5 aromatic rings. The van der Waals surface area contributed by atoms with Gasteiger partial charge in [0.2, 0.25) is 5.91 Å². The van der Waals surface area contributed by atoms with Crippen molar-refractivity contribution in [3.05, 3.63) is 89.2 Å². The minimum Gasteiger partial charge on any atom is -0.494 e. The fraction of sp³-hybridized carbons (Fsp3) is 0.200. The third-order valence-corrected chi connectivity index (χ3v) is 6.72. The van der Waals surface area contributed by atoms with Gasteiger partial charge in [0.15, 0.2) is 5.88 Å². The van der Waals surface area contributed by atoms with Crippen molar-refractivity contribution in [2.45, 2.75) is 13.3 Å². The van der Waals surface area contributed by atoms with E-state index in [1.54, 1.807) is 36.4 Å². The van der Waals surface area contributed by atoms with Crippen LogP contribution in [0, 0.1) is 0 Å². The zero-order valence-corrected chi connectivity index (χ0v) is 22.8. The van der Waals surface area contributed by atoms with Crippen LogP contribution in [-0.4, -0.2) is 63.8 Å². The molecule has 198 valence electrons. The van der Waals surface area contributed by atoms with E-state index in [1.165, 1.54) is 0 Å². The summed E-state index contributed by atoms with van der Waals surface area (Å²) in [7, 11) is 4.04. The Bertz CT molecular complexity index is 1680. The van der Waals surface area contributed by atoms with Crippen LogP contribution in [0.4, 0.5) is 11.4 Å². The number of anilines is 1. The molecular formula is C30H29ClN6O2. The van der Waals surface area contributed by atoms with Crippen molar-refractivity contribution in [3.63, 3.8) is 0 Å². The van der Waals surface area contributed by atoms with Crippen molar-refractivity contribution in [2.75, 3.05) is 32.1 Å². The molecule has 5 rings (SSSR count). The van der Waals surface area contributed by atoms with Crippen LogP contribution in [0.3, 0.4) is 0 Å². The van der Waals surface area contributed by atoms with Crippen molar-refractivity contribution in [2.24, 2.45) is 4.99 Å². The number of aromatic hydroxyl groups is 1. The number of hydrogen-bond donors (Lipinski definition) is 2. The smallest absolute Gasteiger partial charge is 0.223 e. The zero-order valence-electron chi connectivity index (χ0n) is 22.0. The predicted molar refractivity (Wildman–Crippen MR) is 157 cm³/mol. The lowest BCUT2D eigenvalue weighted by atomic mass is 10.00. The molecule has 9 heteroatoms. The topological polar surface area (TPSA) is 97.7 Å². The van der Waals surface area contributed by atoms with Gasteiger partial charge in [0.1, 0.15) is 0 Å². The summed E-state index contributed by atoms with van der Waals surface area (Å²) in [5, 5.41) is 12.3. The van der Waals surface area contributed by atoms with Crippen molar-refractivity contribution >= 4 is 56.5 Å². The second-order valence-corrected chi connectivity index (χ2v) is 10.0. The second-order valence-electron chi connectivity index (χ2n) is 9.60. The largest absolute Gasteiger partial charge is 0.494 e. The molecule has 3 aromatic carbocycles. The number of amides is 1. The minimum atomic E-state index is -0.00894. The first-order valence-electron chi connectivity index (χ1n) is 12.6. The summed E-state index contributed by atoms with van der Waals surface area (Å²) >= 11 is 6.20. The number of H-pyrrole nitrogens is 1. The van der Waals surface area contributed by atoms with Gasteiger partial charge in [-0.05, 0) is 75.6 Å². The third kappa shape index (κ3) is 5.77. The highest BCUT2D eigenvalue weighted by atomic mass is 35.5. The lowest BCUT2D eigenvalue weighted by Crippen LogP contribution is -2.31. The van der Waals surface area contributed by atoms with Gasteiger partial charge in [-0.1, -0.05) is 23.7 Å². The molecule has 2 N–H and O–H groups in total. The monoisotopic (exact) mass is 540 g/mol. The van der Waals surface area contributed by atoms with Gasteiger partial charge in [0.05, 0.1) is 33.5 Å². The Morgan fingerprint density at radius 3 is 2.44 bits per heavy atom. The summed E-state index contributed by atoms with van der Waals surface area (Å²) in [4.78, 5) is 33.0. The standard InChI is InChI=1S/C30H29ClN6O2/c1-19(38)37(16-4-15-36(2)3)23-9-7-22(8-10-23)34-29(20-5-12-25-27(17-20)33-14-13-32-25)28-24-11-6-21(31)18-26(24)35-30(28)39/h5-14,17-18,35,39H,4,15-16H2,1-3H3. The molecule has 0 aliphatic heterocycles. The Labute approximate surface area is 231 Å². The molecule has 0 radical (unpaired) electrons. The van der Waals surface area contributed by atoms with Gasteiger partial charge >= 0.3 is 0 Å². The maximum Gasteiger partial charge on any atom is 0.223 e. The van der Waals surface area contributed by atoms with Crippen molar-refractivity contribution in [3.8, 4) is 5.88 Å². The summed E-state index contributed by atoms with van der Waals surface area (Å²) in [5.41, 5.74) is 5.56. The number of carbonyl (C=O) groups excluding carboxylic acids is 1. The quantitative estimate of drug-likeness (QED) is 0.237. The number of fused-ring (bicyclic) bond motifs is 2. The zero-order chi connectivity index (χ0) is 27.5. The first kappa shape index (κ1) is 26.3. The molecule has 2 heterocycles. The molecule has 0 bridgehead atoms. The van der Waals surface area contributed by atoms with E-state index in [-0.39, 0.29) is 11.8 Å². The average molecular weight is 541 g/mol. The van der Waals surface area contributed by atoms with Crippen LogP contribution in [-0.2, 0) is 4.79 Å². The van der Waals surface area contributed by atoms with Crippen LogP contribution >= 0.6 is 11.6 Å². The van der Waals surface area contributed by atoms with E-state index < -0.39 is 0 Å². The molecule has 1 amide bonds. The summed E-state index contributed by atoms with van der Waals surface area (Å²) in [5.74, 6) is -0.0177. The van der Waals surface area contributed by atoms with E-state index in [1.807, 2.05) is 62.6 Å². The lowest BCUT2D eigenvalue weighted by molar-refractivity contribution is -0.116. The van der Waals surface area contributed by atoms with Gasteiger partial charge < -0.3 is 19.9 Å². The predicted octanol–water partition coefficient (Wildman–Crippen LogP) is 5.94. The van der Waals surface area contributed by atoms with Gasteiger partial charge in [-0.25, -0.2) is 4.99 Å². The second kappa shape index (κ2) is 11.2. The van der Waals surface area contributed by atoms with Crippen molar-refractivity contribution < 1.29 is 9.90 Å². The normalized spacial score (nSPS) is 12.0. The number of nitrogens with one attached hydrogen (secondary N) is 1. The number of halogens is 1. The number of aromatic nitrogens is 3. The number of benzene rings is 3. The minimum absolute atomic E-state index is 0.00877. The highest BCUT2D eigenvalue weighted by molar-refractivity contribution is 6.31. The van der Waals surface area contributed by atoms with E-state index in [0.29, 0.717) is 34.0 Å². The Hall–Kier alpha value is -4.27.